The first kappa shape index (κ1) is 13.8. The van der Waals surface area contributed by atoms with Crippen LogP contribution in [0.3, 0.4) is 0 Å². The van der Waals surface area contributed by atoms with Crippen LogP contribution in [0.4, 0.5) is 0 Å². The summed E-state index contributed by atoms with van der Waals surface area (Å²) in [4.78, 5) is 0. The summed E-state index contributed by atoms with van der Waals surface area (Å²) in [6, 6.07) is 22.1. The van der Waals surface area contributed by atoms with Crippen molar-refractivity contribution < 1.29 is 0 Å². The van der Waals surface area contributed by atoms with Gasteiger partial charge in [0.15, 0.2) is 0 Å². The third kappa shape index (κ3) is 3.68. The van der Waals surface area contributed by atoms with Gasteiger partial charge in [-0.05, 0) is 24.0 Å². The molecule has 0 aromatic heterocycles. The van der Waals surface area contributed by atoms with Crippen LogP contribution in [0.5, 0.6) is 0 Å². The smallest absolute Gasteiger partial charge is 0.0348 e. The summed E-state index contributed by atoms with van der Waals surface area (Å²) in [7, 11) is 0. The molecule has 0 aliphatic heterocycles. The zero-order valence-corrected chi connectivity index (χ0v) is 12.0. The number of hydrogen-bond acceptors (Lipinski definition) is 1. The molecule has 0 saturated heterocycles. The number of nitrogens with one attached hydrogen (secondary N) is 1. The maximum Gasteiger partial charge on any atom is 0.0348 e. The lowest BCUT2D eigenvalue weighted by molar-refractivity contribution is 0.374. The average Bonchev–Trinajstić information content (AvgIpc) is 2.46. The minimum atomic E-state index is 0.355. The number of benzene rings is 2. The predicted octanol–water partition coefficient (Wildman–Crippen LogP) is 4.73. The van der Waals surface area contributed by atoms with E-state index in [0.29, 0.717) is 18.0 Å². The molecular formula is C18H23N. The van der Waals surface area contributed by atoms with Crippen LogP contribution in [-0.2, 0) is 0 Å². The highest BCUT2D eigenvalue weighted by Gasteiger charge is 2.18. The zero-order chi connectivity index (χ0) is 13.7. The van der Waals surface area contributed by atoms with Crippen molar-refractivity contribution >= 4 is 0 Å². The first-order valence-corrected chi connectivity index (χ1v) is 7.04. The minimum absolute atomic E-state index is 0.355. The average molecular weight is 253 g/mol. The van der Waals surface area contributed by atoms with Crippen molar-refractivity contribution in [2.24, 2.45) is 5.92 Å². The molecule has 19 heavy (non-hydrogen) atoms. The van der Waals surface area contributed by atoms with Gasteiger partial charge in [0.25, 0.3) is 0 Å². The molecule has 0 amide bonds. The van der Waals surface area contributed by atoms with E-state index in [0.717, 1.165) is 0 Å². The van der Waals surface area contributed by atoms with Crippen LogP contribution in [0.1, 0.15) is 44.0 Å². The Balaban J connectivity index is 2.14. The van der Waals surface area contributed by atoms with Gasteiger partial charge in [-0.2, -0.15) is 0 Å². The molecule has 0 bridgehead atoms. The molecule has 0 fully saturated rings. The molecule has 0 unspecified atom stereocenters. The van der Waals surface area contributed by atoms with E-state index in [1.807, 2.05) is 0 Å². The Morgan fingerprint density at radius 1 is 0.684 bits per heavy atom. The fraction of sp³-hybridized carbons (Fsp3) is 0.333. The Hall–Kier alpha value is -1.60. The second-order valence-corrected chi connectivity index (χ2v) is 5.43. The van der Waals surface area contributed by atoms with Gasteiger partial charge in [-0.1, -0.05) is 74.5 Å². The minimum Gasteiger partial charge on any atom is -0.303 e. The third-order valence-corrected chi connectivity index (χ3v) is 3.55. The highest BCUT2D eigenvalue weighted by atomic mass is 14.9. The fourth-order valence-electron chi connectivity index (χ4n) is 2.44. The maximum atomic E-state index is 3.75. The zero-order valence-electron chi connectivity index (χ0n) is 12.0. The topological polar surface area (TPSA) is 12.0 Å². The summed E-state index contributed by atoms with van der Waals surface area (Å²) < 4.78 is 0. The Kier molecular flexibility index (Phi) is 4.75. The Bertz CT molecular complexity index is 476. The Labute approximate surface area is 116 Å². The summed E-state index contributed by atoms with van der Waals surface area (Å²) in [5, 5.41) is 3.75. The second-order valence-electron chi connectivity index (χ2n) is 5.43. The Morgan fingerprint density at radius 3 is 1.63 bits per heavy atom. The molecule has 1 heteroatoms. The quantitative estimate of drug-likeness (QED) is 0.812. The van der Waals surface area contributed by atoms with Crippen LogP contribution < -0.4 is 5.32 Å². The molecule has 0 aliphatic rings. The lowest BCUT2D eigenvalue weighted by Gasteiger charge is -2.27. The first-order valence-electron chi connectivity index (χ1n) is 7.04. The van der Waals surface area contributed by atoms with E-state index in [-0.39, 0.29) is 0 Å². The summed E-state index contributed by atoms with van der Waals surface area (Å²) >= 11 is 0. The molecule has 0 saturated carbocycles. The molecule has 0 heterocycles. The van der Waals surface area contributed by atoms with Gasteiger partial charge in [-0.15, -0.1) is 0 Å². The molecule has 1 N–H and O–H groups in total. The highest BCUT2D eigenvalue weighted by molar-refractivity contribution is 5.22. The van der Waals surface area contributed by atoms with E-state index >= 15 is 0 Å². The Morgan fingerprint density at radius 2 is 1.16 bits per heavy atom. The molecule has 0 radical (unpaired) electrons. The van der Waals surface area contributed by atoms with Crippen molar-refractivity contribution in [1.82, 2.24) is 5.32 Å². The van der Waals surface area contributed by atoms with Crippen LogP contribution in [0.2, 0.25) is 0 Å². The standard InChI is InChI=1S/C18H23N/c1-14(2)18(17-12-8-5-9-13-17)19-15(3)16-10-6-4-7-11-16/h4-15,18-19H,1-3H3/t15-,18-/m1/s1. The lowest BCUT2D eigenvalue weighted by Crippen LogP contribution is -2.28. The van der Waals surface area contributed by atoms with Crippen molar-refractivity contribution in [3.8, 4) is 0 Å². The van der Waals surface area contributed by atoms with Gasteiger partial charge in [-0.3, -0.25) is 0 Å². The van der Waals surface area contributed by atoms with Gasteiger partial charge in [0.05, 0.1) is 0 Å². The van der Waals surface area contributed by atoms with Crippen LogP contribution in [0.25, 0.3) is 0 Å². The largest absolute Gasteiger partial charge is 0.303 e. The van der Waals surface area contributed by atoms with Crippen molar-refractivity contribution in [2.45, 2.75) is 32.9 Å². The van der Waals surface area contributed by atoms with Crippen LogP contribution in [0, 0.1) is 5.92 Å². The van der Waals surface area contributed by atoms with Crippen molar-refractivity contribution in [3.63, 3.8) is 0 Å². The molecule has 1 nitrogen and oxygen atoms in total. The summed E-state index contributed by atoms with van der Waals surface area (Å²) in [5.74, 6) is 0.563. The van der Waals surface area contributed by atoms with E-state index in [1.165, 1.54) is 11.1 Å². The van der Waals surface area contributed by atoms with Gasteiger partial charge in [0.1, 0.15) is 0 Å². The van der Waals surface area contributed by atoms with E-state index in [1.54, 1.807) is 0 Å². The maximum absolute atomic E-state index is 3.75. The van der Waals surface area contributed by atoms with Crippen molar-refractivity contribution in [3.05, 3.63) is 71.8 Å². The fourth-order valence-corrected chi connectivity index (χ4v) is 2.44. The van der Waals surface area contributed by atoms with Gasteiger partial charge in [-0.25, -0.2) is 0 Å². The first-order chi connectivity index (χ1) is 9.18. The van der Waals surface area contributed by atoms with Gasteiger partial charge < -0.3 is 5.32 Å². The SMILES string of the molecule is CC(C)[C@@H](N[C@H](C)c1ccccc1)c1ccccc1. The third-order valence-electron chi connectivity index (χ3n) is 3.55. The lowest BCUT2D eigenvalue weighted by atomic mass is 9.94. The second kappa shape index (κ2) is 6.53. The van der Waals surface area contributed by atoms with Crippen LogP contribution in [-0.4, -0.2) is 0 Å². The van der Waals surface area contributed by atoms with Crippen molar-refractivity contribution in [2.75, 3.05) is 0 Å². The molecule has 2 atom stereocenters. The van der Waals surface area contributed by atoms with E-state index in [4.69, 9.17) is 0 Å². The summed E-state index contributed by atoms with van der Waals surface area (Å²) in [6.45, 7) is 6.76. The normalized spacial score (nSPS) is 14.3. The van der Waals surface area contributed by atoms with E-state index < -0.39 is 0 Å². The van der Waals surface area contributed by atoms with Crippen LogP contribution >= 0.6 is 0 Å². The molecule has 0 aliphatic carbocycles. The number of hydrogen-bond donors (Lipinski definition) is 1. The highest BCUT2D eigenvalue weighted by Crippen LogP contribution is 2.25. The molecular weight excluding hydrogens is 230 g/mol. The summed E-state index contributed by atoms with van der Waals surface area (Å²) in [5.41, 5.74) is 2.70. The predicted molar refractivity (Wildman–Crippen MR) is 82.0 cm³/mol. The van der Waals surface area contributed by atoms with Gasteiger partial charge in [0, 0.05) is 12.1 Å². The molecule has 2 aromatic carbocycles. The van der Waals surface area contributed by atoms with E-state index in [9.17, 15) is 0 Å². The van der Waals surface area contributed by atoms with Gasteiger partial charge in [0.2, 0.25) is 0 Å². The molecule has 0 spiro atoms. The molecule has 100 valence electrons. The van der Waals surface area contributed by atoms with Crippen molar-refractivity contribution in [1.29, 1.82) is 0 Å². The molecule has 2 rings (SSSR count). The molecule has 2 aromatic rings. The summed E-state index contributed by atoms with van der Waals surface area (Å²) in [6.07, 6.45) is 0. The van der Waals surface area contributed by atoms with Gasteiger partial charge >= 0.3 is 0 Å². The number of rotatable bonds is 5. The monoisotopic (exact) mass is 253 g/mol. The van der Waals surface area contributed by atoms with Crippen LogP contribution in [0.15, 0.2) is 60.7 Å². The van der Waals surface area contributed by atoms with E-state index in [2.05, 4.69) is 86.8 Å².